The van der Waals surface area contributed by atoms with Crippen LogP contribution in [0.5, 0.6) is 0 Å². The highest BCUT2D eigenvalue weighted by Gasteiger charge is 2.07. The predicted molar refractivity (Wildman–Crippen MR) is 49.7 cm³/mol. The number of carbonyl (C=O) groups is 1. The third-order valence-corrected chi connectivity index (χ3v) is 1.60. The maximum atomic E-state index is 11.3. The highest BCUT2D eigenvalue weighted by Crippen LogP contribution is 1.87. The van der Waals surface area contributed by atoms with Crippen LogP contribution < -0.4 is 10.7 Å². The molecule has 13 heavy (non-hydrogen) atoms. The van der Waals surface area contributed by atoms with Gasteiger partial charge in [-0.2, -0.15) is 0 Å². The van der Waals surface area contributed by atoms with Gasteiger partial charge in [0, 0.05) is 25.0 Å². The molecule has 1 rings (SSSR count). The van der Waals surface area contributed by atoms with Gasteiger partial charge in [0.05, 0.1) is 0 Å². The molecule has 4 nitrogen and oxygen atoms in total. The molecule has 0 unspecified atom stereocenters. The first-order chi connectivity index (χ1) is 6.25. The standard InChI is InChI=1S/C9H12N2O2/c1-2-4-11-9(13)7-6-10-5-3-8(7)12/h3,5-6H,2,4H2,1H3,(H,10,12)(H,11,13). The average Bonchev–Trinajstić information content (AvgIpc) is 2.15. The van der Waals surface area contributed by atoms with Gasteiger partial charge in [0.1, 0.15) is 5.56 Å². The third kappa shape index (κ3) is 2.43. The number of aromatic nitrogens is 1. The molecule has 1 heterocycles. The van der Waals surface area contributed by atoms with Crippen LogP contribution >= 0.6 is 0 Å². The first kappa shape index (κ1) is 9.51. The lowest BCUT2D eigenvalue weighted by molar-refractivity contribution is 0.0952. The quantitative estimate of drug-likeness (QED) is 0.712. The fourth-order valence-corrected chi connectivity index (χ4v) is 0.927. The summed E-state index contributed by atoms with van der Waals surface area (Å²) in [5, 5.41) is 2.63. The lowest BCUT2D eigenvalue weighted by Crippen LogP contribution is -2.28. The first-order valence-corrected chi connectivity index (χ1v) is 4.21. The number of hydrogen-bond acceptors (Lipinski definition) is 2. The number of amides is 1. The molecular formula is C9H12N2O2. The maximum absolute atomic E-state index is 11.3. The molecule has 1 amide bonds. The van der Waals surface area contributed by atoms with Crippen molar-refractivity contribution >= 4 is 5.91 Å². The summed E-state index contributed by atoms with van der Waals surface area (Å²) in [6.07, 6.45) is 3.77. The highest BCUT2D eigenvalue weighted by molar-refractivity contribution is 5.93. The largest absolute Gasteiger partial charge is 0.367 e. The first-order valence-electron chi connectivity index (χ1n) is 4.21. The number of H-pyrrole nitrogens is 1. The molecule has 0 aliphatic heterocycles. The van der Waals surface area contributed by atoms with Crippen molar-refractivity contribution in [3.63, 3.8) is 0 Å². The predicted octanol–water partition coefficient (Wildman–Crippen LogP) is 0.515. The average molecular weight is 180 g/mol. The molecule has 70 valence electrons. The van der Waals surface area contributed by atoms with Gasteiger partial charge in [0.2, 0.25) is 0 Å². The molecule has 0 saturated heterocycles. The van der Waals surface area contributed by atoms with Crippen LogP contribution in [0.25, 0.3) is 0 Å². The summed E-state index contributed by atoms with van der Waals surface area (Å²) in [7, 11) is 0. The van der Waals surface area contributed by atoms with Gasteiger partial charge in [-0.1, -0.05) is 6.92 Å². The summed E-state index contributed by atoms with van der Waals surface area (Å²) in [4.78, 5) is 25.1. The number of aromatic amines is 1. The van der Waals surface area contributed by atoms with Crippen LogP contribution in [-0.2, 0) is 0 Å². The Kier molecular flexibility index (Phi) is 3.25. The molecule has 0 aromatic carbocycles. The Labute approximate surface area is 76.0 Å². The van der Waals surface area contributed by atoms with Crippen LogP contribution in [-0.4, -0.2) is 17.4 Å². The van der Waals surface area contributed by atoms with Gasteiger partial charge in [0.25, 0.3) is 5.91 Å². The second-order valence-electron chi connectivity index (χ2n) is 2.68. The van der Waals surface area contributed by atoms with Gasteiger partial charge >= 0.3 is 0 Å². The molecule has 0 aliphatic rings. The Balaban J connectivity index is 2.77. The van der Waals surface area contributed by atoms with E-state index in [1.54, 1.807) is 0 Å². The van der Waals surface area contributed by atoms with Gasteiger partial charge in [0.15, 0.2) is 5.43 Å². The highest BCUT2D eigenvalue weighted by atomic mass is 16.2. The molecule has 0 saturated carbocycles. The van der Waals surface area contributed by atoms with Crippen LogP contribution in [0.1, 0.15) is 23.7 Å². The number of rotatable bonds is 3. The van der Waals surface area contributed by atoms with Crippen LogP contribution in [0.4, 0.5) is 0 Å². The van der Waals surface area contributed by atoms with E-state index >= 15 is 0 Å². The Morgan fingerprint density at radius 1 is 1.62 bits per heavy atom. The van der Waals surface area contributed by atoms with Crippen molar-refractivity contribution in [1.82, 2.24) is 10.3 Å². The fraction of sp³-hybridized carbons (Fsp3) is 0.333. The third-order valence-electron chi connectivity index (χ3n) is 1.60. The zero-order chi connectivity index (χ0) is 9.68. The summed E-state index contributed by atoms with van der Waals surface area (Å²) in [6, 6.07) is 1.33. The molecule has 0 fully saturated rings. The lowest BCUT2D eigenvalue weighted by atomic mass is 10.2. The second-order valence-corrected chi connectivity index (χ2v) is 2.68. The Morgan fingerprint density at radius 3 is 3.00 bits per heavy atom. The van der Waals surface area contributed by atoms with Crippen molar-refractivity contribution in [2.45, 2.75) is 13.3 Å². The van der Waals surface area contributed by atoms with E-state index in [0.717, 1.165) is 6.42 Å². The number of nitrogens with one attached hydrogen (secondary N) is 2. The number of pyridine rings is 1. The second kappa shape index (κ2) is 4.45. The van der Waals surface area contributed by atoms with Gasteiger partial charge in [-0.05, 0) is 6.42 Å². The van der Waals surface area contributed by atoms with Crippen molar-refractivity contribution in [1.29, 1.82) is 0 Å². The molecule has 1 aromatic heterocycles. The normalized spacial score (nSPS) is 9.62. The van der Waals surface area contributed by atoms with Gasteiger partial charge in [-0.3, -0.25) is 9.59 Å². The van der Waals surface area contributed by atoms with Crippen LogP contribution in [0.15, 0.2) is 23.3 Å². The lowest BCUT2D eigenvalue weighted by Gasteiger charge is -2.01. The minimum atomic E-state index is -0.316. The monoisotopic (exact) mass is 180 g/mol. The van der Waals surface area contributed by atoms with Crippen molar-refractivity contribution in [2.75, 3.05) is 6.54 Å². The van der Waals surface area contributed by atoms with E-state index in [9.17, 15) is 9.59 Å². The van der Waals surface area contributed by atoms with Crippen molar-refractivity contribution in [3.05, 3.63) is 34.2 Å². The van der Waals surface area contributed by atoms with E-state index in [4.69, 9.17) is 0 Å². The van der Waals surface area contributed by atoms with Gasteiger partial charge in [-0.25, -0.2) is 0 Å². The summed E-state index contributed by atoms with van der Waals surface area (Å²) < 4.78 is 0. The Bertz CT molecular complexity index is 343. The fourth-order valence-electron chi connectivity index (χ4n) is 0.927. The Hall–Kier alpha value is -1.58. The zero-order valence-corrected chi connectivity index (χ0v) is 7.46. The van der Waals surface area contributed by atoms with E-state index in [2.05, 4.69) is 10.3 Å². The SMILES string of the molecule is CCCNC(=O)c1c[nH]ccc1=O. The van der Waals surface area contributed by atoms with Crippen LogP contribution in [0.3, 0.4) is 0 Å². The van der Waals surface area contributed by atoms with E-state index in [1.165, 1.54) is 18.5 Å². The van der Waals surface area contributed by atoms with E-state index in [1.807, 2.05) is 6.92 Å². The number of carbonyl (C=O) groups excluding carboxylic acids is 1. The maximum Gasteiger partial charge on any atom is 0.256 e. The smallest absolute Gasteiger partial charge is 0.256 e. The molecule has 4 heteroatoms. The molecule has 0 atom stereocenters. The van der Waals surface area contributed by atoms with Gasteiger partial charge < -0.3 is 10.3 Å². The summed E-state index contributed by atoms with van der Waals surface area (Å²) in [6.45, 7) is 2.54. The van der Waals surface area contributed by atoms with E-state index in [0.29, 0.717) is 6.54 Å². The zero-order valence-electron chi connectivity index (χ0n) is 7.46. The van der Waals surface area contributed by atoms with E-state index in [-0.39, 0.29) is 16.9 Å². The minimum Gasteiger partial charge on any atom is -0.367 e. The van der Waals surface area contributed by atoms with Crippen LogP contribution in [0, 0.1) is 0 Å². The molecule has 2 N–H and O–H groups in total. The summed E-state index contributed by atoms with van der Waals surface area (Å²) in [5.41, 5.74) is -0.0942. The molecule has 1 aromatic rings. The van der Waals surface area contributed by atoms with Crippen molar-refractivity contribution in [2.24, 2.45) is 0 Å². The molecule has 0 spiro atoms. The molecule has 0 radical (unpaired) electrons. The van der Waals surface area contributed by atoms with Gasteiger partial charge in [-0.15, -0.1) is 0 Å². The minimum absolute atomic E-state index is 0.163. The molecular weight excluding hydrogens is 168 g/mol. The Morgan fingerprint density at radius 2 is 2.38 bits per heavy atom. The van der Waals surface area contributed by atoms with Crippen molar-refractivity contribution < 1.29 is 4.79 Å². The van der Waals surface area contributed by atoms with Crippen molar-refractivity contribution in [3.8, 4) is 0 Å². The molecule has 0 bridgehead atoms. The topological polar surface area (TPSA) is 62.0 Å². The summed E-state index contributed by atoms with van der Waals surface area (Å²) >= 11 is 0. The molecule has 0 aliphatic carbocycles. The number of hydrogen-bond donors (Lipinski definition) is 2. The van der Waals surface area contributed by atoms with E-state index < -0.39 is 0 Å². The summed E-state index contributed by atoms with van der Waals surface area (Å²) in [5.74, 6) is -0.316. The van der Waals surface area contributed by atoms with Crippen LogP contribution in [0.2, 0.25) is 0 Å².